The molecule has 1 aliphatic heterocycles. The number of piperidine rings is 1. The van der Waals surface area contributed by atoms with Gasteiger partial charge in [0.2, 0.25) is 11.6 Å². The lowest BCUT2D eigenvalue weighted by molar-refractivity contribution is 0.0935. The molecule has 0 spiro atoms. The van der Waals surface area contributed by atoms with Gasteiger partial charge >= 0.3 is 0 Å². The quantitative estimate of drug-likeness (QED) is 0.876. The molecule has 0 unspecified atom stereocenters. The molecule has 1 fully saturated rings. The van der Waals surface area contributed by atoms with Crippen LogP contribution in [0.4, 0.5) is 5.69 Å². The summed E-state index contributed by atoms with van der Waals surface area (Å²) in [4.78, 5) is 28.7. The molecule has 0 radical (unpaired) electrons. The number of hydrogen-bond acceptors (Lipinski definition) is 4. The number of aryl methyl sites for hydroxylation is 2. The van der Waals surface area contributed by atoms with Gasteiger partial charge in [-0.25, -0.2) is 0 Å². The van der Waals surface area contributed by atoms with E-state index in [1.165, 1.54) is 12.0 Å². The molecule has 0 amide bonds. The first kappa shape index (κ1) is 17.5. The lowest BCUT2D eigenvalue weighted by atomic mass is 9.88. The molecule has 1 aliphatic carbocycles. The molecule has 2 aromatic rings. The monoisotopic (exact) mass is 360 g/mol. The van der Waals surface area contributed by atoms with Crippen molar-refractivity contribution in [2.24, 2.45) is 0 Å². The Balaban J connectivity index is 1.83. The fourth-order valence-corrected chi connectivity index (χ4v) is 3.99. The number of fused-ring (bicyclic) bond motifs is 1. The highest BCUT2D eigenvalue weighted by Crippen LogP contribution is 2.31. The summed E-state index contributed by atoms with van der Waals surface area (Å²) >= 11 is 0. The van der Waals surface area contributed by atoms with Crippen molar-refractivity contribution in [3.63, 3.8) is 0 Å². The predicted molar refractivity (Wildman–Crippen MR) is 107 cm³/mol. The maximum Gasteiger partial charge on any atom is 0.212 e. The summed E-state index contributed by atoms with van der Waals surface area (Å²) in [6, 6.07) is 13.2. The van der Waals surface area contributed by atoms with Gasteiger partial charge in [0, 0.05) is 29.9 Å². The standard InChI is InChI=1S/C23H24N2O2/c1-15-10-11-19(16(2)14-15)24-20-21(25-12-6-3-7-13-25)23(27)18-9-5-4-8-17(18)22(20)26/h4-5,8-11,14,24H,3,6-7,12-13H2,1-2H3. The number of hydrogen-bond donors (Lipinski definition) is 1. The minimum absolute atomic E-state index is 0.0561. The number of allylic oxidation sites excluding steroid dienone is 2. The van der Waals surface area contributed by atoms with Crippen LogP contribution in [0, 0.1) is 13.8 Å². The van der Waals surface area contributed by atoms with Crippen LogP contribution in [0.25, 0.3) is 0 Å². The number of Topliss-reactive ketones (excluding diaryl/α,β-unsaturated/α-hetero) is 2. The Hall–Kier alpha value is -2.88. The van der Waals surface area contributed by atoms with Gasteiger partial charge in [-0.15, -0.1) is 0 Å². The Morgan fingerprint density at radius 1 is 0.852 bits per heavy atom. The number of nitrogens with one attached hydrogen (secondary N) is 1. The van der Waals surface area contributed by atoms with E-state index in [1.807, 2.05) is 38.1 Å². The molecule has 4 heteroatoms. The van der Waals surface area contributed by atoms with Gasteiger partial charge < -0.3 is 10.2 Å². The first-order valence-electron chi connectivity index (χ1n) is 9.58. The SMILES string of the molecule is Cc1ccc(NC2=C(N3CCCCC3)C(=O)c3ccccc3C2=O)c(C)c1. The number of nitrogens with zero attached hydrogens (tertiary/aromatic N) is 1. The summed E-state index contributed by atoms with van der Waals surface area (Å²) in [6.45, 7) is 5.68. The molecule has 0 bridgehead atoms. The van der Waals surface area contributed by atoms with E-state index in [4.69, 9.17) is 0 Å². The van der Waals surface area contributed by atoms with Crippen LogP contribution < -0.4 is 5.32 Å². The molecule has 0 saturated carbocycles. The zero-order chi connectivity index (χ0) is 19.0. The fourth-order valence-electron chi connectivity index (χ4n) is 3.99. The molecule has 138 valence electrons. The van der Waals surface area contributed by atoms with Crippen molar-refractivity contribution in [1.82, 2.24) is 4.90 Å². The second-order valence-corrected chi connectivity index (χ2v) is 7.42. The minimum atomic E-state index is -0.106. The van der Waals surface area contributed by atoms with Gasteiger partial charge in [-0.2, -0.15) is 0 Å². The lowest BCUT2D eigenvalue weighted by Gasteiger charge is -2.34. The van der Waals surface area contributed by atoms with Gasteiger partial charge in [0.05, 0.1) is 0 Å². The van der Waals surface area contributed by atoms with E-state index in [1.54, 1.807) is 12.1 Å². The second kappa shape index (κ2) is 7.03. The molecule has 0 atom stereocenters. The molecular formula is C23H24N2O2. The number of anilines is 1. The average molecular weight is 360 g/mol. The molecule has 27 heavy (non-hydrogen) atoms. The van der Waals surface area contributed by atoms with Gasteiger partial charge in [0.15, 0.2) is 0 Å². The predicted octanol–water partition coefficient (Wildman–Crippen LogP) is 4.49. The van der Waals surface area contributed by atoms with Crippen molar-refractivity contribution in [1.29, 1.82) is 0 Å². The van der Waals surface area contributed by atoms with Gasteiger partial charge in [-0.05, 0) is 44.7 Å². The zero-order valence-electron chi connectivity index (χ0n) is 15.8. The van der Waals surface area contributed by atoms with E-state index in [-0.39, 0.29) is 11.6 Å². The Bertz CT molecular complexity index is 953. The van der Waals surface area contributed by atoms with E-state index in [0.717, 1.165) is 37.2 Å². The summed E-state index contributed by atoms with van der Waals surface area (Å²) in [5.74, 6) is -0.162. The van der Waals surface area contributed by atoms with E-state index < -0.39 is 0 Å². The fraction of sp³-hybridized carbons (Fsp3) is 0.304. The maximum absolute atomic E-state index is 13.3. The van der Waals surface area contributed by atoms with E-state index in [0.29, 0.717) is 22.5 Å². The van der Waals surface area contributed by atoms with Crippen LogP contribution in [-0.4, -0.2) is 29.6 Å². The third kappa shape index (κ3) is 3.16. The van der Waals surface area contributed by atoms with Crippen molar-refractivity contribution < 1.29 is 9.59 Å². The molecule has 4 nitrogen and oxygen atoms in total. The third-order valence-electron chi connectivity index (χ3n) is 5.41. The van der Waals surface area contributed by atoms with Crippen molar-refractivity contribution in [2.45, 2.75) is 33.1 Å². The van der Waals surface area contributed by atoms with E-state index >= 15 is 0 Å². The van der Waals surface area contributed by atoms with Crippen molar-refractivity contribution >= 4 is 17.3 Å². The Morgan fingerprint density at radius 2 is 1.52 bits per heavy atom. The minimum Gasteiger partial charge on any atom is -0.367 e. The van der Waals surface area contributed by atoms with Crippen LogP contribution in [-0.2, 0) is 0 Å². The number of carbonyl (C=O) groups excluding carboxylic acids is 2. The number of ketones is 2. The van der Waals surface area contributed by atoms with Crippen LogP contribution in [0.2, 0.25) is 0 Å². The van der Waals surface area contributed by atoms with Crippen molar-refractivity contribution in [2.75, 3.05) is 18.4 Å². The van der Waals surface area contributed by atoms with Gasteiger partial charge in [0.25, 0.3) is 0 Å². The molecule has 1 saturated heterocycles. The Morgan fingerprint density at radius 3 is 2.19 bits per heavy atom. The van der Waals surface area contributed by atoms with Crippen LogP contribution in [0.15, 0.2) is 53.9 Å². The van der Waals surface area contributed by atoms with Crippen molar-refractivity contribution in [3.05, 3.63) is 76.1 Å². The van der Waals surface area contributed by atoms with Crippen LogP contribution >= 0.6 is 0 Å². The molecule has 1 N–H and O–H groups in total. The second-order valence-electron chi connectivity index (χ2n) is 7.42. The lowest BCUT2D eigenvalue weighted by Crippen LogP contribution is -2.39. The zero-order valence-corrected chi connectivity index (χ0v) is 15.8. The topological polar surface area (TPSA) is 49.4 Å². The summed E-state index contributed by atoms with van der Waals surface area (Å²) in [5, 5.41) is 3.31. The van der Waals surface area contributed by atoms with Gasteiger partial charge in [-0.1, -0.05) is 42.0 Å². The first-order chi connectivity index (χ1) is 13.1. The largest absolute Gasteiger partial charge is 0.367 e. The molecule has 2 aliphatic rings. The normalized spacial score (nSPS) is 17.2. The number of likely N-dealkylation sites (tertiary alicyclic amines) is 1. The molecule has 4 rings (SSSR count). The van der Waals surface area contributed by atoms with Crippen LogP contribution in [0.3, 0.4) is 0 Å². The summed E-state index contributed by atoms with van der Waals surface area (Å²) in [7, 11) is 0. The number of carbonyl (C=O) groups is 2. The van der Waals surface area contributed by atoms with E-state index in [2.05, 4.69) is 16.3 Å². The molecule has 1 heterocycles. The smallest absolute Gasteiger partial charge is 0.212 e. The Labute approximate surface area is 159 Å². The Kier molecular flexibility index (Phi) is 4.56. The third-order valence-corrected chi connectivity index (χ3v) is 5.41. The van der Waals surface area contributed by atoms with Crippen LogP contribution in [0.5, 0.6) is 0 Å². The highest BCUT2D eigenvalue weighted by molar-refractivity contribution is 6.27. The molecule has 2 aromatic carbocycles. The first-order valence-corrected chi connectivity index (χ1v) is 9.58. The van der Waals surface area contributed by atoms with Crippen molar-refractivity contribution in [3.8, 4) is 0 Å². The summed E-state index contributed by atoms with van der Waals surface area (Å²) in [6.07, 6.45) is 3.26. The number of rotatable bonds is 3. The average Bonchev–Trinajstić information content (AvgIpc) is 2.68. The summed E-state index contributed by atoms with van der Waals surface area (Å²) in [5.41, 5.74) is 5.01. The van der Waals surface area contributed by atoms with Gasteiger partial charge in [0.1, 0.15) is 11.4 Å². The molecular weight excluding hydrogens is 336 g/mol. The van der Waals surface area contributed by atoms with Crippen LogP contribution in [0.1, 0.15) is 51.1 Å². The summed E-state index contributed by atoms with van der Waals surface area (Å²) < 4.78 is 0. The van der Waals surface area contributed by atoms with E-state index in [9.17, 15) is 9.59 Å². The highest BCUT2D eigenvalue weighted by Gasteiger charge is 2.35. The van der Waals surface area contributed by atoms with Gasteiger partial charge in [-0.3, -0.25) is 9.59 Å². The maximum atomic E-state index is 13.3. The molecule has 0 aromatic heterocycles. The number of benzene rings is 2. The highest BCUT2D eigenvalue weighted by atomic mass is 16.1.